The van der Waals surface area contributed by atoms with Gasteiger partial charge in [-0.2, -0.15) is 0 Å². The number of carbonyl (C=O) groups is 1. The molecule has 0 unspecified atom stereocenters. The fourth-order valence-corrected chi connectivity index (χ4v) is 4.89. The average molecular weight is 365 g/mol. The first kappa shape index (κ1) is 17.4. The van der Waals surface area contributed by atoms with E-state index in [0.29, 0.717) is 17.1 Å². The molecule has 1 aliphatic rings. The third-order valence-electron chi connectivity index (χ3n) is 4.60. The highest BCUT2D eigenvalue weighted by molar-refractivity contribution is 7.16. The van der Waals surface area contributed by atoms with Crippen LogP contribution in [0.2, 0.25) is 5.02 Å². The van der Waals surface area contributed by atoms with Crippen LogP contribution in [0.5, 0.6) is 0 Å². The van der Waals surface area contributed by atoms with Crippen LogP contribution in [0.1, 0.15) is 46.6 Å². The van der Waals surface area contributed by atoms with E-state index in [1.807, 2.05) is 12.1 Å². The molecule has 0 bridgehead atoms. The van der Waals surface area contributed by atoms with Crippen molar-refractivity contribution in [3.63, 3.8) is 0 Å². The summed E-state index contributed by atoms with van der Waals surface area (Å²) < 4.78 is 0. The molecule has 3 rings (SSSR count). The molecule has 6 heteroatoms. The fraction of sp³-hybridized carbons (Fsp3) is 0.389. The van der Waals surface area contributed by atoms with Crippen LogP contribution in [-0.4, -0.2) is 11.1 Å². The van der Waals surface area contributed by atoms with Crippen molar-refractivity contribution in [1.82, 2.24) is 5.43 Å². The summed E-state index contributed by atoms with van der Waals surface area (Å²) in [5, 5.41) is 10.5. The van der Waals surface area contributed by atoms with Crippen LogP contribution in [0.15, 0.2) is 18.2 Å². The topological polar surface area (TPSA) is 75.3 Å². The Morgan fingerprint density at radius 2 is 2.21 bits per heavy atom. The molecule has 0 radical (unpaired) electrons. The molecular weight excluding hydrogens is 344 g/mol. The molecule has 4 nitrogen and oxygen atoms in total. The monoisotopic (exact) mass is 364 g/mol. The molecule has 0 fully saturated rings. The van der Waals surface area contributed by atoms with Crippen LogP contribution < -0.4 is 11.3 Å². The molecule has 0 spiro atoms. The lowest BCUT2D eigenvalue weighted by Gasteiger charge is -2.29. The molecule has 0 amide bonds. The summed E-state index contributed by atoms with van der Waals surface area (Å²) in [5.41, 5.74) is 6.01. The van der Waals surface area contributed by atoms with E-state index in [9.17, 15) is 9.90 Å². The summed E-state index contributed by atoms with van der Waals surface area (Å²) in [6.07, 6.45) is 2.80. The van der Waals surface area contributed by atoms with Crippen molar-refractivity contribution in [2.75, 3.05) is 0 Å². The van der Waals surface area contributed by atoms with Crippen LogP contribution in [0, 0.1) is 5.41 Å². The Hall–Kier alpha value is -1.40. The Kier molecular flexibility index (Phi) is 4.71. The van der Waals surface area contributed by atoms with E-state index in [4.69, 9.17) is 17.4 Å². The number of nitrogens with one attached hydrogen (secondary N) is 1. The normalized spacial score (nSPS) is 16.0. The number of halogens is 1. The number of hydrogen-bond acceptors (Lipinski definition) is 4. The van der Waals surface area contributed by atoms with Gasteiger partial charge in [0.05, 0.1) is 5.56 Å². The number of hydrazine groups is 1. The zero-order chi connectivity index (χ0) is 17.5. The van der Waals surface area contributed by atoms with E-state index in [1.165, 1.54) is 4.88 Å². The summed E-state index contributed by atoms with van der Waals surface area (Å²) in [6, 6.07) is 5.53. The highest BCUT2D eigenvalue weighted by Crippen LogP contribution is 2.46. The first-order chi connectivity index (χ1) is 11.3. The zero-order valence-electron chi connectivity index (χ0n) is 13.8. The molecule has 0 saturated carbocycles. The van der Waals surface area contributed by atoms with Gasteiger partial charge in [-0.15, -0.1) is 11.3 Å². The smallest absolute Gasteiger partial charge is 0.337 e. The molecule has 2 aromatic rings. The van der Waals surface area contributed by atoms with Crippen LogP contribution >= 0.6 is 22.9 Å². The van der Waals surface area contributed by atoms with Gasteiger partial charge < -0.3 is 5.11 Å². The van der Waals surface area contributed by atoms with Crippen LogP contribution in [0.4, 0.5) is 0 Å². The number of fused-ring (bicyclic) bond motifs is 1. The number of carboxylic acid groups (broad SMARTS) is 1. The van der Waals surface area contributed by atoms with E-state index < -0.39 is 5.97 Å². The number of thiophene rings is 1. The van der Waals surface area contributed by atoms with Gasteiger partial charge in [0.2, 0.25) is 0 Å². The minimum absolute atomic E-state index is 0.130. The Morgan fingerprint density at radius 3 is 2.88 bits per heavy atom. The average Bonchev–Trinajstić information content (AvgIpc) is 2.86. The molecule has 1 aliphatic carbocycles. The van der Waals surface area contributed by atoms with Gasteiger partial charge in [-0.05, 0) is 53.5 Å². The van der Waals surface area contributed by atoms with Crippen LogP contribution in [0.3, 0.4) is 0 Å². The SMILES string of the molecule is CC1(C)CCc2sc(-c3cc(Cl)ccc3CNN)c(C(=O)O)c2C1. The second-order valence-electron chi connectivity index (χ2n) is 7.04. The molecule has 1 aromatic heterocycles. The lowest BCUT2D eigenvalue weighted by molar-refractivity contribution is 0.0696. The van der Waals surface area contributed by atoms with Crippen molar-refractivity contribution in [3.8, 4) is 10.4 Å². The van der Waals surface area contributed by atoms with Crippen molar-refractivity contribution in [1.29, 1.82) is 0 Å². The van der Waals surface area contributed by atoms with Crippen molar-refractivity contribution in [2.45, 2.75) is 39.7 Å². The lowest BCUT2D eigenvalue weighted by Crippen LogP contribution is -2.22. The minimum Gasteiger partial charge on any atom is -0.478 e. The van der Waals surface area contributed by atoms with E-state index in [0.717, 1.165) is 40.8 Å². The molecule has 1 aromatic carbocycles. The van der Waals surface area contributed by atoms with Crippen LogP contribution in [-0.2, 0) is 19.4 Å². The molecule has 0 atom stereocenters. The maximum atomic E-state index is 12.0. The van der Waals surface area contributed by atoms with Gasteiger partial charge in [0.1, 0.15) is 0 Å². The number of aromatic carboxylic acids is 1. The maximum Gasteiger partial charge on any atom is 0.337 e. The van der Waals surface area contributed by atoms with Gasteiger partial charge >= 0.3 is 5.97 Å². The van der Waals surface area contributed by atoms with Gasteiger partial charge in [-0.25, -0.2) is 4.79 Å². The molecule has 24 heavy (non-hydrogen) atoms. The third kappa shape index (κ3) is 3.22. The van der Waals surface area contributed by atoms with Gasteiger partial charge in [-0.1, -0.05) is 31.5 Å². The van der Waals surface area contributed by atoms with Gasteiger partial charge in [0.15, 0.2) is 0 Å². The van der Waals surface area contributed by atoms with E-state index in [-0.39, 0.29) is 5.41 Å². The quantitative estimate of drug-likeness (QED) is 0.560. The highest BCUT2D eigenvalue weighted by Gasteiger charge is 2.33. The molecule has 0 saturated heterocycles. The number of rotatable bonds is 4. The predicted molar refractivity (Wildman–Crippen MR) is 98.6 cm³/mol. The Morgan fingerprint density at radius 1 is 1.46 bits per heavy atom. The summed E-state index contributed by atoms with van der Waals surface area (Å²) in [5.74, 6) is 4.61. The van der Waals surface area contributed by atoms with Gasteiger partial charge in [-0.3, -0.25) is 11.3 Å². The number of carboxylic acids is 1. The number of hydrogen-bond donors (Lipinski definition) is 3. The number of aryl methyl sites for hydroxylation is 1. The lowest BCUT2D eigenvalue weighted by atomic mass is 9.76. The number of nitrogens with two attached hydrogens (primary N) is 1. The molecule has 0 aliphatic heterocycles. The van der Waals surface area contributed by atoms with Crippen molar-refractivity contribution < 1.29 is 9.90 Å². The predicted octanol–water partition coefficient (Wildman–Crippen LogP) is 4.24. The summed E-state index contributed by atoms with van der Waals surface area (Å²) in [4.78, 5) is 14.0. The molecular formula is C18H21ClN2O2S. The molecule has 4 N–H and O–H groups in total. The molecule has 1 heterocycles. The summed E-state index contributed by atoms with van der Waals surface area (Å²) in [6.45, 7) is 4.85. The Labute approximate surface area is 150 Å². The van der Waals surface area contributed by atoms with E-state index in [2.05, 4.69) is 19.3 Å². The zero-order valence-corrected chi connectivity index (χ0v) is 15.4. The van der Waals surface area contributed by atoms with Crippen molar-refractivity contribution >= 4 is 28.9 Å². The Balaban J connectivity index is 2.21. The van der Waals surface area contributed by atoms with E-state index >= 15 is 0 Å². The molecule has 128 valence electrons. The van der Waals surface area contributed by atoms with Crippen molar-refractivity contribution in [3.05, 3.63) is 44.8 Å². The van der Waals surface area contributed by atoms with Crippen molar-refractivity contribution in [2.24, 2.45) is 11.3 Å². The standard InChI is InChI=1S/C18H21ClN2O2S/c1-18(2)6-5-14-13(8-18)15(17(22)23)16(24-14)12-7-11(19)4-3-10(12)9-21-20/h3-4,7,21H,5-6,8-9,20H2,1-2H3,(H,22,23). The second-order valence-corrected chi connectivity index (χ2v) is 8.58. The van der Waals surface area contributed by atoms with Crippen LogP contribution in [0.25, 0.3) is 10.4 Å². The second kappa shape index (κ2) is 6.48. The first-order valence-electron chi connectivity index (χ1n) is 7.92. The number of benzene rings is 1. The summed E-state index contributed by atoms with van der Waals surface area (Å²) in [7, 11) is 0. The van der Waals surface area contributed by atoms with E-state index in [1.54, 1.807) is 17.4 Å². The first-order valence-corrected chi connectivity index (χ1v) is 9.12. The third-order valence-corrected chi connectivity index (χ3v) is 6.16. The fourth-order valence-electron chi connectivity index (χ4n) is 3.36. The largest absolute Gasteiger partial charge is 0.478 e. The maximum absolute atomic E-state index is 12.0. The highest BCUT2D eigenvalue weighted by atomic mass is 35.5. The van der Waals surface area contributed by atoms with Gasteiger partial charge in [0.25, 0.3) is 0 Å². The minimum atomic E-state index is -0.869. The Bertz CT molecular complexity index is 799. The summed E-state index contributed by atoms with van der Waals surface area (Å²) >= 11 is 7.76. The van der Waals surface area contributed by atoms with Gasteiger partial charge in [0, 0.05) is 21.3 Å².